The van der Waals surface area contributed by atoms with Gasteiger partial charge >= 0.3 is 0 Å². The third-order valence-corrected chi connectivity index (χ3v) is 3.59. The molecule has 1 aromatic carbocycles. The molecule has 0 radical (unpaired) electrons. The Hall–Kier alpha value is -2.02. The van der Waals surface area contributed by atoms with Crippen LogP contribution in [0.5, 0.6) is 5.75 Å². The molecule has 4 heteroatoms. The molecule has 1 aliphatic carbocycles. The summed E-state index contributed by atoms with van der Waals surface area (Å²) in [5.41, 5.74) is 0.188. The summed E-state index contributed by atoms with van der Waals surface area (Å²) in [6.07, 6.45) is 3.75. The minimum atomic E-state index is -0.654. The van der Waals surface area contributed by atoms with Gasteiger partial charge in [-0.15, -0.1) is 0 Å². The molecular weight excluding hydrogens is 240 g/mol. The number of nitrogens with one attached hydrogen (secondary N) is 1. The number of hydrogen-bond donors (Lipinski definition) is 1. The number of para-hydroxylation sites is 1. The molecule has 0 unspecified atom stereocenters. The van der Waals surface area contributed by atoms with Gasteiger partial charge in [0.2, 0.25) is 5.91 Å². The zero-order valence-corrected chi connectivity index (χ0v) is 11.1. The van der Waals surface area contributed by atoms with Crippen LogP contribution in [0.25, 0.3) is 0 Å². The van der Waals surface area contributed by atoms with E-state index in [2.05, 4.69) is 11.4 Å². The average Bonchev–Trinajstić information content (AvgIpc) is 2.88. The van der Waals surface area contributed by atoms with E-state index in [0.29, 0.717) is 5.75 Å². The molecule has 0 spiro atoms. The third kappa shape index (κ3) is 3.05. The van der Waals surface area contributed by atoms with E-state index in [1.54, 1.807) is 7.11 Å². The summed E-state index contributed by atoms with van der Waals surface area (Å²) in [7, 11) is 1.59. The summed E-state index contributed by atoms with van der Waals surface area (Å²) >= 11 is 0. The molecule has 1 N–H and O–H groups in total. The second-order valence-corrected chi connectivity index (χ2v) is 4.94. The van der Waals surface area contributed by atoms with Crippen LogP contribution in [0.3, 0.4) is 0 Å². The molecule has 1 amide bonds. The maximum atomic E-state index is 12.1. The number of benzene rings is 1. The SMILES string of the molecule is COc1ccccc1CC(=O)NC1(C#N)CCCC1. The lowest BCUT2D eigenvalue weighted by Crippen LogP contribution is -2.45. The number of methoxy groups -OCH3 is 1. The molecule has 100 valence electrons. The average molecular weight is 258 g/mol. The van der Waals surface area contributed by atoms with Gasteiger partial charge < -0.3 is 10.1 Å². The van der Waals surface area contributed by atoms with Crippen LogP contribution in [0, 0.1) is 11.3 Å². The second-order valence-electron chi connectivity index (χ2n) is 4.94. The highest BCUT2D eigenvalue weighted by atomic mass is 16.5. The first-order chi connectivity index (χ1) is 9.19. The normalized spacial score (nSPS) is 16.6. The lowest BCUT2D eigenvalue weighted by Gasteiger charge is -2.22. The van der Waals surface area contributed by atoms with Crippen molar-refractivity contribution in [3.8, 4) is 11.8 Å². The Balaban J connectivity index is 2.03. The smallest absolute Gasteiger partial charge is 0.225 e. The number of hydrogen-bond acceptors (Lipinski definition) is 3. The van der Waals surface area contributed by atoms with E-state index in [4.69, 9.17) is 4.74 Å². The van der Waals surface area contributed by atoms with Gasteiger partial charge in [-0.3, -0.25) is 4.79 Å². The molecule has 19 heavy (non-hydrogen) atoms. The number of carbonyl (C=O) groups excluding carboxylic acids is 1. The Labute approximate surface area is 113 Å². The van der Waals surface area contributed by atoms with Gasteiger partial charge in [-0.25, -0.2) is 0 Å². The standard InChI is InChI=1S/C15H18N2O2/c1-19-13-7-3-2-6-12(13)10-14(18)17-15(11-16)8-4-5-9-15/h2-3,6-7H,4-5,8-10H2,1H3,(H,17,18). The summed E-state index contributed by atoms with van der Waals surface area (Å²) in [6.45, 7) is 0. The molecule has 1 aromatic rings. The lowest BCUT2D eigenvalue weighted by molar-refractivity contribution is -0.121. The van der Waals surface area contributed by atoms with Crippen molar-refractivity contribution in [1.29, 1.82) is 5.26 Å². The highest BCUT2D eigenvalue weighted by molar-refractivity contribution is 5.80. The van der Waals surface area contributed by atoms with Gasteiger partial charge in [-0.2, -0.15) is 5.26 Å². The van der Waals surface area contributed by atoms with Crippen molar-refractivity contribution in [2.24, 2.45) is 0 Å². The van der Waals surface area contributed by atoms with Gasteiger partial charge in [0.1, 0.15) is 11.3 Å². The molecule has 0 aromatic heterocycles. The van der Waals surface area contributed by atoms with Crippen LogP contribution in [0.1, 0.15) is 31.2 Å². The number of nitrogens with zero attached hydrogens (tertiary/aromatic N) is 1. The van der Waals surface area contributed by atoms with Crippen LogP contribution in [-0.2, 0) is 11.2 Å². The van der Waals surface area contributed by atoms with Crippen molar-refractivity contribution in [2.75, 3.05) is 7.11 Å². The van der Waals surface area contributed by atoms with E-state index >= 15 is 0 Å². The van der Waals surface area contributed by atoms with Gasteiger partial charge in [0.15, 0.2) is 0 Å². The van der Waals surface area contributed by atoms with Gasteiger partial charge in [-0.1, -0.05) is 18.2 Å². The van der Waals surface area contributed by atoms with E-state index in [1.807, 2.05) is 24.3 Å². The highest BCUT2D eigenvalue weighted by Crippen LogP contribution is 2.29. The van der Waals surface area contributed by atoms with Gasteiger partial charge in [0.25, 0.3) is 0 Å². The van der Waals surface area contributed by atoms with Crippen LogP contribution in [-0.4, -0.2) is 18.6 Å². The van der Waals surface area contributed by atoms with Gasteiger partial charge in [-0.05, 0) is 31.7 Å². The second kappa shape index (κ2) is 5.75. The number of carbonyl (C=O) groups is 1. The molecule has 0 atom stereocenters. The van der Waals surface area contributed by atoms with E-state index < -0.39 is 5.54 Å². The van der Waals surface area contributed by atoms with Crippen molar-refractivity contribution in [1.82, 2.24) is 5.32 Å². The Bertz CT molecular complexity index is 499. The van der Waals surface area contributed by atoms with E-state index in [-0.39, 0.29) is 12.3 Å². The molecular formula is C15H18N2O2. The predicted molar refractivity (Wildman–Crippen MR) is 71.7 cm³/mol. The maximum absolute atomic E-state index is 12.1. The van der Waals surface area contributed by atoms with Crippen molar-refractivity contribution >= 4 is 5.91 Å². The largest absolute Gasteiger partial charge is 0.496 e. The highest BCUT2D eigenvalue weighted by Gasteiger charge is 2.35. The monoisotopic (exact) mass is 258 g/mol. The van der Waals surface area contributed by atoms with Crippen LogP contribution in [0.2, 0.25) is 0 Å². The molecule has 1 aliphatic rings. The third-order valence-electron chi connectivity index (χ3n) is 3.59. The Morgan fingerprint density at radius 1 is 1.42 bits per heavy atom. The summed E-state index contributed by atoms with van der Waals surface area (Å²) in [4.78, 5) is 12.1. The summed E-state index contributed by atoms with van der Waals surface area (Å²) in [5.74, 6) is 0.586. The van der Waals surface area contributed by atoms with Crippen molar-refractivity contribution < 1.29 is 9.53 Å². The van der Waals surface area contributed by atoms with Crippen LogP contribution in [0.4, 0.5) is 0 Å². The Morgan fingerprint density at radius 2 is 2.11 bits per heavy atom. The number of nitriles is 1. The van der Waals surface area contributed by atoms with Crippen molar-refractivity contribution in [2.45, 2.75) is 37.6 Å². The summed E-state index contributed by atoms with van der Waals surface area (Å²) in [5, 5.41) is 12.1. The zero-order valence-electron chi connectivity index (χ0n) is 11.1. The minimum absolute atomic E-state index is 0.118. The first-order valence-electron chi connectivity index (χ1n) is 6.53. The fourth-order valence-corrected chi connectivity index (χ4v) is 2.58. The summed E-state index contributed by atoms with van der Waals surface area (Å²) in [6, 6.07) is 9.70. The van der Waals surface area contributed by atoms with E-state index in [0.717, 1.165) is 31.2 Å². The minimum Gasteiger partial charge on any atom is -0.496 e. The first-order valence-corrected chi connectivity index (χ1v) is 6.53. The lowest BCUT2D eigenvalue weighted by atomic mass is 9.99. The fourth-order valence-electron chi connectivity index (χ4n) is 2.58. The number of amides is 1. The van der Waals surface area contributed by atoms with Gasteiger partial charge in [0, 0.05) is 5.56 Å². The molecule has 1 saturated carbocycles. The number of rotatable bonds is 4. The molecule has 1 fully saturated rings. The van der Waals surface area contributed by atoms with Crippen molar-refractivity contribution in [3.63, 3.8) is 0 Å². The van der Waals surface area contributed by atoms with Crippen LogP contribution < -0.4 is 10.1 Å². The van der Waals surface area contributed by atoms with Crippen molar-refractivity contribution in [3.05, 3.63) is 29.8 Å². The number of ether oxygens (including phenoxy) is 1. The quantitative estimate of drug-likeness (QED) is 0.900. The van der Waals surface area contributed by atoms with Crippen LogP contribution >= 0.6 is 0 Å². The zero-order chi connectivity index (χ0) is 13.7. The molecule has 0 bridgehead atoms. The van der Waals surface area contributed by atoms with Gasteiger partial charge in [0.05, 0.1) is 19.6 Å². The maximum Gasteiger partial charge on any atom is 0.225 e. The molecule has 0 saturated heterocycles. The molecule has 0 aliphatic heterocycles. The predicted octanol–water partition coefficient (Wildman–Crippen LogP) is 2.19. The topological polar surface area (TPSA) is 62.1 Å². The Kier molecular flexibility index (Phi) is 4.06. The Morgan fingerprint density at radius 3 is 2.74 bits per heavy atom. The first kappa shape index (κ1) is 13.4. The molecule has 0 heterocycles. The molecule has 2 rings (SSSR count). The van der Waals surface area contributed by atoms with E-state index in [9.17, 15) is 10.1 Å². The molecule has 4 nitrogen and oxygen atoms in total. The van der Waals surface area contributed by atoms with E-state index in [1.165, 1.54) is 0 Å². The van der Waals surface area contributed by atoms with Crippen LogP contribution in [0.15, 0.2) is 24.3 Å². The summed E-state index contributed by atoms with van der Waals surface area (Å²) < 4.78 is 5.22. The fraction of sp³-hybridized carbons (Fsp3) is 0.467.